The second kappa shape index (κ2) is 9.65. The third-order valence-electron chi connectivity index (χ3n) is 7.54. The molecular formula is C28H29N3O5. The molecule has 2 aliphatic carbocycles. The van der Waals surface area contributed by atoms with Crippen LogP contribution in [0.5, 0.6) is 5.75 Å². The Morgan fingerprint density at radius 3 is 2.75 bits per heavy atom. The summed E-state index contributed by atoms with van der Waals surface area (Å²) in [7, 11) is 0. The van der Waals surface area contributed by atoms with E-state index in [1.165, 1.54) is 0 Å². The zero-order valence-corrected chi connectivity index (χ0v) is 20.0. The van der Waals surface area contributed by atoms with Crippen LogP contribution in [0.2, 0.25) is 0 Å². The number of hydrogen-bond acceptors (Lipinski definition) is 4. The van der Waals surface area contributed by atoms with Crippen molar-refractivity contribution in [2.24, 2.45) is 11.8 Å². The van der Waals surface area contributed by atoms with Gasteiger partial charge in [-0.2, -0.15) is 0 Å². The Hall–Kier alpha value is -3.86. The number of hydrogen-bond donors (Lipinski definition) is 3. The number of fused-ring (bicyclic) bond motifs is 2. The summed E-state index contributed by atoms with van der Waals surface area (Å²) in [5.41, 5.74) is 2.90. The maximum absolute atomic E-state index is 13.4. The molecule has 2 aromatic rings. The molecule has 3 N–H and O–H groups in total. The van der Waals surface area contributed by atoms with E-state index in [2.05, 4.69) is 15.5 Å². The Labute approximate surface area is 209 Å². The molecule has 186 valence electrons. The van der Waals surface area contributed by atoms with Gasteiger partial charge in [-0.05, 0) is 74.3 Å². The molecule has 2 amide bonds. The molecule has 36 heavy (non-hydrogen) atoms. The Kier molecular flexibility index (Phi) is 6.40. The predicted octanol–water partition coefficient (Wildman–Crippen LogP) is 4.46. The molecule has 8 nitrogen and oxygen atoms in total. The molecule has 0 unspecified atom stereocenters. The standard InChI is InChI=1S/C28H29N3O5/c1-29-20-9-7-18(3-2-4-25(32)33)23(14-20)31-27(35)22-15-28(22)11-12-36-24-10-8-19(13-21(24)28)26(34)30-16-17-5-6-17/h7-10,13-14,17,22H,2-6,11-12,15-16H2,(H,30,34)(H,31,35)(H,32,33)/t22-,28-/m0/s1. The average molecular weight is 488 g/mol. The Morgan fingerprint density at radius 2 is 2.00 bits per heavy atom. The van der Waals surface area contributed by atoms with Gasteiger partial charge >= 0.3 is 5.97 Å². The topological polar surface area (TPSA) is 109 Å². The maximum atomic E-state index is 13.4. The summed E-state index contributed by atoms with van der Waals surface area (Å²) in [5.74, 6) is -0.0552. The molecule has 2 saturated carbocycles. The van der Waals surface area contributed by atoms with E-state index in [1.54, 1.807) is 24.3 Å². The van der Waals surface area contributed by atoms with E-state index < -0.39 is 5.97 Å². The highest BCUT2D eigenvalue weighted by Crippen LogP contribution is 2.61. The summed E-state index contributed by atoms with van der Waals surface area (Å²) in [4.78, 5) is 40.5. The van der Waals surface area contributed by atoms with Crippen LogP contribution in [0.4, 0.5) is 11.4 Å². The van der Waals surface area contributed by atoms with Crippen molar-refractivity contribution < 1.29 is 24.2 Å². The van der Waals surface area contributed by atoms with Gasteiger partial charge in [0.05, 0.1) is 13.2 Å². The number of nitrogens with zero attached hydrogens (tertiary/aromatic N) is 1. The predicted molar refractivity (Wildman–Crippen MR) is 133 cm³/mol. The molecule has 0 saturated heterocycles. The van der Waals surface area contributed by atoms with Crippen LogP contribution in [0.15, 0.2) is 36.4 Å². The van der Waals surface area contributed by atoms with Gasteiger partial charge in [0.15, 0.2) is 5.69 Å². The van der Waals surface area contributed by atoms with Gasteiger partial charge in [0.2, 0.25) is 5.91 Å². The number of carboxylic acid groups (broad SMARTS) is 1. The van der Waals surface area contributed by atoms with Crippen molar-refractivity contribution in [1.82, 2.24) is 5.32 Å². The monoisotopic (exact) mass is 487 g/mol. The van der Waals surface area contributed by atoms with Crippen LogP contribution in [-0.4, -0.2) is 36.0 Å². The van der Waals surface area contributed by atoms with Gasteiger partial charge in [-0.1, -0.05) is 12.1 Å². The number of anilines is 1. The maximum Gasteiger partial charge on any atom is 0.303 e. The molecule has 1 heterocycles. The highest BCUT2D eigenvalue weighted by Gasteiger charge is 2.61. The third-order valence-corrected chi connectivity index (χ3v) is 7.54. The number of benzene rings is 2. The normalized spacial score (nSPS) is 21.6. The number of ether oxygens (including phenoxy) is 1. The van der Waals surface area contributed by atoms with E-state index in [-0.39, 0.29) is 29.6 Å². The summed E-state index contributed by atoms with van der Waals surface area (Å²) in [6, 6.07) is 10.6. The molecular weight excluding hydrogens is 458 g/mol. The number of carbonyl (C=O) groups is 3. The first-order chi connectivity index (χ1) is 17.4. The molecule has 5 rings (SSSR count). The fraction of sp³-hybridized carbons (Fsp3) is 0.429. The molecule has 1 aliphatic heterocycles. The lowest BCUT2D eigenvalue weighted by atomic mass is 9.86. The van der Waals surface area contributed by atoms with Crippen molar-refractivity contribution in [3.8, 4) is 5.75 Å². The number of carbonyl (C=O) groups excluding carboxylic acids is 2. The van der Waals surface area contributed by atoms with E-state index in [4.69, 9.17) is 16.4 Å². The summed E-state index contributed by atoms with van der Waals surface area (Å²) < 4.78 is 5.86. The molecule has 1 spiro atoms. The van der Waals surface area contributed by atoms with Gasteiger partial charge in [0.25, 0.3) is 5.91 Å². The molecule has 8 heteroatoms. The summed E-state index contributed by atoms with van der Waals surface area (Å²) in [6.45, 7) is 8.53. The van der Waals surface area contributed by atoms with Gasteiger partial charge in [-0.25, -0.2) is 4.85 Å². The Balaban J connectivity index is 1.33. The summed E-state index contributed by atoms with van der Waals surface area (Å²) in [5, 5.41) is 15.0. The van der Waals surface area contributed by atoms with Crippen molar-refractivity contribution in [2.75, 3.05) is 18.5 Å². The Morgan fingerprint density at radius 1 is 1.17 bits per heavy atom. The van der Waals surface area contributed by atoms with E-state index in [1.807, 2.05) is 12.1 Å². The van der Waals surface area contributed by atoms with Crippen molar-refractivity contribution >= 4 is 29.2 Å². The summed E-state index contributed by atoms with van der Waals surface area (Å²) in [6.07, 6.45) is 4.66. The van der Waals surface area contributed by atoms with Gasteiger partial charge in [-0.15, -0.1) is 0 Å². The molecule has 0 radical (unpaired) electrons. The van der Waals surface area contributed by atoms with Crippen LogP contribution >= 0.6 is 0 Å². The van der Waals surface area contributed by atoms with E-state index in [0.717, 1.165) is 29.7 Å². The average Bonchev–Trinajstić information content (AvgIpc) is 3.80. The molecule has 2 aromatic carbocycles. The van der Waals surface area contributed by atoms with Crippen LogP contribution in [0.1, 0.15) is 60.0 Å². The molecule has 2 fully saturated rings. The highest BCUT2D eigenvalue weighted by molar-refractivity contribution is 5.98. The van der Waals surface area contributed by atoms with Crippen molar-refractivity contribution in [1.29, 1.82) is 0 Å². The number of aliphatic carboxylic acids is 1. The van der Waals surface area contributed by atoms with Gasteiger partial charge in [-0.3, -0.25) is 14.4 Å². The smallest absolute Gasteiger partial charge is 0.303 e. The van der Waals surface area contributed by atoms with Crippen molar-refractivity contribution in [3.63, 3.8) is 0 Å². The van der Waals surface area contributed by atoms with Gasteiger partial charge in [0, 0.05) is 41.1 Å². The minimum absolute atomic E-state index is 0.0387. The SMILES string of the molecule is [C-]#[N+]c1ccc(CCCC(=O)O)c(NC(=O)[C@@H]2C[C@]23CCOc2ccc(C(=O)NCC4CC4)cc23)c1. The number of aryl methyl sites for hydroxylation is 1. The molecule has 3 aliphatic rings. The quantitative estimate of drug-likeness (QED) is 0.453. The van der Waals surface area contributed by atoms with Crippen LogP contribution in [0.25, 0.3) is 4.85 Å². The van der Waals surface area contributed by atoms with Crippen molar-refractivity contribution in [2.45, 2.75) is 50.4 Å². The number of carboxylic acids is 1. The lowest BCUT2D eigenvalue weighted by Crippen LogP contribution is -2.29. The van der Waals surface area contributed by atoms with E-state index in [0.29, 0.717) is 61.7 Å². The number of nitrogens with one attached hydrogen (secondary N) is 2. The highest BCUT2D eigenvalue weighted by atomic mass is 16.5. The minimum atomic E-state index is -0.864. The fourth-order valence-corrected chi connectivity index (χ4v) is 5.17. The lowest BCUT2D eigenvalue weighted by molar-refractivity contribution is -0.137. The second-order valence-electron chi connectivity index (χ2n) is 10.1. The molecule has 0 aromatic heterocycles. The Bertz CT molecular complexity index is 1260. The first kappa shape index (κ1) is 23.9. The van der Waals surface area contributed by atoms with Gasteiger partial charge in [0.1, 0.15) is 5.75 Å². The van der Waals surface area contributed by atoms with Crippen LogP contribution < -0.4 is 15.4 Å². The first-order valence-corrected chi connectivity index (χ1v) is 12.5. The van der Waals surface area contributed by atoms with Gasteiger partial charge < -0.3 is 20.5 Å². The summed E-state index contributed by atoms with van der Waals surface area (Å²) >= 11 is 0. The second-order valence-corrected chi connectivity index (χ2v) is 10.1. The largest absolute Gasteiger partial charge is 0.493 e. The zero-order chi connectivity index (χ0) is 25.3. The van der Waals surface area contributed by atoms with Crippen LogP contribution in [-0.2, 0) is 21.4 Å². The van der Waals surface area contributed by atoms with Crippen LogP contribution in [0.3, 0.4) is 0 Å². The lowest BCUT2D eigenvalue weighted by Gasteiger charge is -2.27. The first-order valence-electron chi connectivity index (χ1n) is 12.5. The number of rotatable bonds is 9. The zero-order valence-electron chi connectivity index (χ0n) is 20.0. The fourth-order valence-electron chi connectivity index (χ4n) is 5.17. The van der Waals surface area contributed by atoms with E-state index in [9.17, 15) is 14.4 Å². The van der Waals surface area contributed by atoms with Crippen LogP contribution in [0, 0.1) is 18.4 Å². The molecule has 0 bridgehead atoms. The van der Waals surface area contributed by atoms with E-state index >= 15 is 0 Å². The minimum Gasteiger partial charge on any atom is -0.493 e. The molecule has 2 atom stereocenters. The number of amides is 2. The third kappa shape index (κ3) is 4.92. The van der Waals surface area contributed by atoms with Crippen molar-refractivity contribution in [3.05, 3.63) is 64.5 Å².